The zero-order valence-electron chi connectivity index (χ0n) is 13.0. The van der Waals surface area contributed by atoms with Gasteiger partial charge in [0.25, 0.3) is 5.69 Å². The van der Waals surface area contributed by atoms with Crippen molar-refractivity contribution in [3.8, 4) is 0 Å². The van der Waals surface area contributed by atoms with E-state index < -0.39 is 0 Å². The van der Waals surface area contributed by atoms with Gasteiger partial charge in [-0.25, -0.2) is 0 Å². The number of nitro groups is 1. The lowest BCUT2D eigenvalue weighted by Crippen LogP contribution is -2.53. The van der Waals surface area contributed by atoms with Crippen LogP contribution in [0.5, 0.6) is 0 Å². The second-order valence-electron chi connectivity index (χ2n) is 6.57. The third-order valence-corrected chi connectivity index (χ3v) is 4.05. The van der Waals surface area contributed by atoms with Gasteiger partial charge in [-0.05, 0) is 32.4 Å². The Bertz CT molecular complexity index is 517. The van der Waals surface area contributed by atoms with Crippen LogP contribution in [0.25, 0.3) is 0 Å². The van der Waals surface area contributed by atoms with E-state index in [0.717, 1.165) is 31.7 Å². The van der Waals surface area contributed by atoms with E-state index in [1.165, 1.54) is 6.07 Å². The Balaban J connectivity index is 2.01. The first-order chi connectivity index (χ1) is 9.77. The molecule has 0 spiro atoms. The number of piperazine rings is 1. The first-order valence-corrected chi connectivity index (χ1v) is 7.27. The lowest BCUT2D eigenvalue weighted by atomic mass is 10.0. The van der Waals surface area contributed by atoms with Gasteiger partial charge in [0, 0.05) is 56.1 Å². The van der Waals surface area contributed by atoms with Crippen LogP contribution in [-0.4, -0.2) is 46.4 Å². The fourth-order valence-corrected chi connectivity index (χ4v) is 2.66. The molecule has 0 atom stereocenters. The Kier molecular flexibility index (Phi) is 4.49. The summed E-state index contributed by atoms with van der Waals surface area (Å²) >= 11 is 0. The van der Waals surface area contributed by atoms with E-state index in [9.17, 15) is 10.1 Å². The number of nitrogens with two attached hydrogens (primary N) is 1. The van der Waals surface area contributed by atoms with Gasteiger partial charge in [-0.15, -0.1) is 0 Å². The summed E-state index contributed by atoms with van der Waals surface area (Å²) in [6.45, 7) is 11.3. The number of anilines is 1. The third-order valence-electron chi connectivity index (χ3n) is 4.05. The largest absolute Gasteiger partial charge is 0.398 e. The van der Waals surface area contributed by atoms with Crippen molar-refractivity contribution in [2.24, 2.45) is 0 Å². The first-order valence-electron chi connectivity index (χ1n) is 7.27. The van der Waals surface area contributed by atoms with Crippen LogP contribution in [-0.2, 0) is 6.54 Å². The molecule has 2 N–H and O–H groups in total. The summed E-state index contributed by atoms with van der Waals surface area (Å²) in [5, 5.41) is 10.9. The van der Waals surface area contributed by atoms with Crippen molar-refractivity contribution in [3.05, 3.63) is 33.9 Å². The molecule has 21 heavy (non-hydrogen) atoms. The normalized spacial score (nSPS) is 17.9. The SMILES string of the molecule is CC(C)(C)N1CCN(Cc2cc([N+](=O)[O-])ccc2N)CC1. The molecule has 1 heterocycles. The number of nitro benzene ring substituents is 1. The molecule has 0 saturated carbocycles. The molecule has 116 valence electrons. The minimum Gasteiger partial charge on any atom is -0.398 e. The Labute approximate surface area is 125 Å². The molecule has 0 bridgehead atoms. The number of hydrogen-bond donors (Lipinski definition) is 1. The lowest BCUT2D eigenvalue weighted by molar-refractivity contribution is -0.384. The third kappa shape index (κ3) is 3.92. The molecule has 1 fully saturated rings. The van der Waals surface area contributed by atoms with Gasteiger partial charge < -0.3 is 5.73 Å². The van der Waals surface area contributed by atoms with Crippen molar-refractivity contribution in [2.75, 3.05) is 31.9 Å². The Morgan fingerprint density at radius 3 is 2.38 bits per heavy atom. The minimum atomic E-state index is -0.375. The topological polar surface area (TPSA) is 75.6 Å². The molecular weight excluding hydrogens is 268 g/mol. The number of non-ortho nitro benzene ring substituents is 1. The van der Waals surface area contributed by atoms with Crippen molar-refractivity contribution >= 4 is 11.4 Å². The number of hydrogen-bond acceptors (Lipinski definition) is 5. The second-order valence-corrected chi connectivity index (χ2v) is 6.57. The minimum absolute atomic E-state index is 0.104. The van der Waals surface area contributed by atoms with Crippen LogP contribution in [0.2, 0.25) is 0 Å². The average Bonchev–Trinajstić information content (AvgIpc) is 2.40. The lowest BCUT2D eigenvalue weighted by Gasteiger charge is -2.42. The van der Waals surface area contributed by atoms with Gasteiger partial charge in [0.15, 0.2) is 0 Å². The molecule has 0 aliphatic carbocycles. The van der Waals surface area contributed by atoms with Crippen LogP contribution < -0.4 is 5.73 Å². The van der Waals surface area contributed by atoms with Gasteiger partial charge >= 0.3 is 0 Å². The average molecular weight is 292 g/mol. The quantitative estimate of drug-likeness (QED) is 0.524. The Morgan fingerprint density at radius 2 is 1.86 bits per heavy atom. The van der Waals surface area contributed by atoms with Crippen molar-refractivity contribution < 1.29 is 4.92 Å². The van der Waals surface area contributed by atoms with E-state index >= 15 is 0 Å². The summed E-state index contributed by atoms with van der Waals surface area (Å²) in [6, 6.07) is 4.67. The van der Waals surface area contributed by atoms with Crippen LogP contribution in [0.15, 0.2) is 18.2 Å². The zero-order chi connectivity index (χ0) is 15.6. The zero-order valence-corrected chi connectivity index (χ0v) is 13.0. The second kappa shape index (κ2) is 5.99. The summed E-state index contributed by atoms with van der Waals surface area (Å²) in [6.07, 6.45) is 0. The molecular formula is C15H24N4O2. The molecule has 0 aromatic heterocycles. The van der Waals surface area contributed by atoms with Crippen LogP contribution in [0, 0.1) is 10.1 Å². The van der Waals surface area contributed by atoms with Crippen molar-refractivity contribution in [3.63, 3.8) is 0 Å². The van der Waals surface area contributed by atoms with Crippen LogP contribution >= 0.6 is 0 Å². The van der Waals surface area contributed by atoms with Crippen molar-refractivity contribution in [1.29, 1.82) is 0 Å². The van der Waals surface area contributed by atoms with Crippen LogP contribution in [0.1, 0.15) is 26.3 Å². The standard InChI is InChI=1S/C15H24N4O2/c1-15(2,3)18-8-6-17(7-9-18)11-12-10-13(19(20)21)4-5-14(12)16/h4-5,10H,6-9,11,16H2,1-3H3. The summed E-state index contributed by atoms with van der Waals surface area (Å²) in [5.74, 6) is 0. The number of nitrogen functional groups attached to an aromatic ring is 1. The molecule has 1 aliphatic rings. The van der Waals surface area contributed by atoms with Crippen molar-refractivity contribution in [2.45, 2.75) is 32.9 Å². The molecule has 1 aromatic carbocycles. The van der Waals surface area contributed by atoms with Gasteiger partial charge in [0.1, 0.15) is 0 Å². The maximum Gasteiger partial charge on any atom is 0.269 e. The van der Waals surface area contributed by atoms with Crippen LogP contribution in [0.3, 0.4) is 0 Å². The maximum atomic E-state index is 10.9. The highest BCUT2D eigenvalue weighted by Gasteiger charge is 2.26. The number of benzene rings is 1. The predicted molar refractivity (Wildman–Crippen MR) is 84.1 cm³/mol. The van der Waals surface area contributed by atoms with Gasteiger partial charge in [-0.2, -0.15) is 0 Å². The fourth-order valence-electron chi connectivity index (χ4n) is 2.66. The molecule has 6 heteroatoms. The fraction of sp³-hybridized carbons (Fsp3) is 0.600. The first kappa shape index (κ1) is 15.7. The molecule has 0 radical (unpaired) electrons. The maximum absolute atomic E-state index is 10.9. The van der Waals surface area contributed by atoms with E-state index in [1.54, 1.807) is 12.1 Å². The summed E-state index contributed by atoms with van der Waals surface area (Å²) in [5.41, 5.74) is 7.70. The molecule has 0 amide bonds. The highest BCUT2D eigenvalue weighted by atomic mass is 16.6. The van der Waals surface area contributed by atoms with E-state index in [0.29, 0.717) is 12.2 Å². The van der Waals surface area contributed by atoms with E-state index in [4.69, 9.17) is 5.73 Å². The van der Waals surface area contributed by atoms with Gasteiger partial charge in [0.05, 0.1) is 4.92 Å². The van der Waals surface area contributed by atoms with E-state index in [1.807, 2.05) is 0 Å². The monoisotopic (exact) mass is 292 g/mol. The number of rotatable bonds is 3. The Morgan fingerprint density at radius 1 is 1.24 bits per heavy atom. The smallest absolute Gasteiger partial charge is 0.269 e. The molecule has 0 unspecified atom stereocenters. The molecule has 1 saturated heterocycles. The highest BCUT2D eigenvalue weighted by molar-refractivity contribution is 5.52. The summed E-state index contributed by atoms with van der Waals surface area (Å²) in [4.78, 5) is 15.2. The van der Waals surface area contributed by atoms with Crippen LogP contribution in [0.4, 0.5) is 11.4 Å². The van der Waals surface area contributed by atoms with Gasteiger partial charge in [0.2, 0.25) is 0 Å². The number of nitrogens with zero attached hydrogens (tertiary/aromatic N) is 3. The van der Waals surface area contributed by atoms with Gasteiger partial charge in [-0.1, -0.05) is 0 Å². The molecule has 1 aliphatic heterocycles. The van der Waals surface area contributed by atoms with E-state index in [-0.39, 0.29) is 16.1 Å². The summed E-state index contributed by atoms with van der Waals surface area (Å²) < 4.78 is 0. The highest BCUT2D eigenvalue weighted by Crippen LogP contribution is 2.22. The molecule has 6 nitrogen and oxygen atoms in total. The predicted octanol–water partition coefficient (Wildman–Crippen LogP) is 2.09. The van der Waals surface area contributed by atoms with E-state index in [2.05, 4.69) is 30.6 Å². The Hall–Kier alpha value is -1.66. The molecule has 2 rings (SSSR count). The molecule has 1 aromatic rings. The summed E-state index contributed by atoms with van der Waals surface area (Å²) in [7, 11) is 0. The van der Waals surface area contributed by atoms with Crippen molar-refractivity contribution in [1.82, 2.24) is 9.80 Å². The van der Waals surface area contributed by atoms with Gasteiger partial charge in [-0.3, -0.25) is 19.9 Å².